The van der Waals surface area contributed by atoms with Gasteiger partial charge in [0, 0.05) is 37.2 Å². The first-order valence-electron chi connectivity index (χ1n) is 8.88. The Morgan fingerprint density at radius 2 is 2.00 bits per heavy atom. The molecule has 1 amide bonds. The molecule has 1 saturated heterocycles. The Morgan fingerprint density at radius 1 is 1.19 bits per heavy atom. The molecular formula is C20H20N2O4S. The maximum absolute atomic E-state index is 12.6. The molecule has 1 unspecified atom stereocenters. The molecule has 7 heteroatoms. The summed E-state index contributed by atoms with van der Waals surface area (Å²) < 4.78 is 11.2. The van der Waals surface area contributed by atoms with E-state index in [4.69, 9.17) is 8.83 Å². The van der Waals surface area contributed by atoms with Crippen molar-refractivity contribution in [2.24, 2.45) is 0 Å². The Morgan fingerprint density at radius 3 is 2.78 bits per heavy atom. The van der Waals surface area contributed by atoms with Crippen LogP contribution in [0.25, 0.3) is 11.0 Å². The highest BCUT2D eigenvalue weighted by Crippen LogP contribution is 2.24. The van der Waals surface area contributed by atoms with Gasteiger partial charge in [-0.25, -0.2) is 0 Å². The number of hydrogen-bond donors (Lipinski definition) is 1. The van der Waals surface area contributed by atoms with Gasteiger partial charge < -0.3 is 14.2 Å². The molecule has 0 aliphatic carbocycles. The van der Waals surface area contributed by atoms with Gasteiger partial charge in [0.15, 0.2) is 11.2 Å². The van der Waals surface area contributed by atoms with E-state index in [-0.39, 0.29) is 17.2 Å². The Kier molecular flexibility index (Phi) is 5.31. The maximum Gasteiger partial charge on any atom is 0.287 e. The molecule has 4 rings (SSSR count). The number of nitrogens with zero attached hydrogens (tertiary/aromatic N) is 1. The normalized spacial score (nSPS) is 16.3. The van der Waals surface area contributed by atoms with Crippen LogP contribution in [0.15, 0.2) is 62.4 Å². The molecule has 2 aromatic heterocycles. The quantitative estimate of drug-likeness (QED) is 0.729. The van der Waals surface area contributed by atoms with Crippen LogP contribution in [-0.2, 0) is 0 Å². The molecule has 1 N–H and O–H groups in total. The summed E-state index contributed by atoms with van der Waals surface area (Å²) in [6.45, 7) is 2.27. The second-order valence-corrected chi connectivity index (χ2v) is 7.59. The molecule has 6 nitrogen and oxygen atoms in total. The third-order valence-electron chi connectivity index (χ3n) is 4.67. The molecule has 1 fully saturated rings. The van der Waals surface area contributed by atoms with E-state index < -0.39 is 5.91 Å². The number of hydrogen-bond acceptors (Lipinski definition) is 6. The van der Waals surface area contributed by atoms with Crippen molar-refractivity contribution in [3.8, 4) is 0 Å². The Hall–Kier alpha value is -2.51. The largest absolute Gasteiger partial charge is 0.468 e. The number of para-hydroxylation sites is 1. The molecule has 0 saturated carbocycles. The van der Waals surface area contributed by atoms with Crippen molar-refractivity contribution in [2.45, 2.75) is 6.04 Å². The number of amides is 1. The molecule has 0 radical (unpaired) electrons. The van der Waals surface area contributed by atoms with Gasteiger partial charge in [-0.1, -0.05) is 12.1 Å². The van der Waals surface area contributed by atoms with Crippen LogP contribution in [0.4, 0.5) is 0 Å². The molecule has 27 heavy (non-hydrogen) atoms. The first-order valence-corrected chi connectivity index (χ1v) is 10.0. The summed E-state index contributed by atoms with van der Waals surface area (Å²) in [4.78, 5) is 27.1. The predicted octanol–water partition coefficient (Wildman–Crippen LogP) is 2.91. The molecule has 0 bridgehead atoms. The number of thioether (sulfide) groups is 1. The van der Waals surface area contributed by atoms with Crippen molar-refractivity contribution in [2.75, 3.05) is 31.1 Å². The second-order valence-electron chi connectivity index (χ2n) is 6.36. The second kappa shape index (κ2) is 8.02. The Labute approximate surface area is 160 Å². The van der Waals surface area contributed by atoms with E-state index in [0.29, 0.717) is 17.5 Å². The van der Waals surface area contributed by atoms with Gasteiger partial charge in [-0.3, -0.25) is 14.5 Å². The number of nitrogens with one attached hydrogen (secondary N) is 1. The lowest BCUT2D eigenvalue weighted by Crippen LogP contribution is -2.42. The minimum atomic E-state index is -0.402. The summed E-state index contributed by atoms with van der Waals surface area (Å²) in [6.07, 6.45) is 1.64. The van der Waals surface area contributed by atoms with Gasteiger partial charge in [0.1, 0.15) is 11.3 Å². The number of fused-ring (bicyclic) bond motifs is 1. The lowest BCUT2D eigenvalue weighted by molar-refractivity contribution is 0.0902. The van der Waals surface area contributed by atoms with Crippen LogP contribution in [0.3, 0.4) is 0 Å². The zero-order valence-electron chi connectivity index (χ0n) is 14.7. The highest BCUT2D eigenvalue weighted by molar-refractivity contribution is 7.99. The van der Waals surface area contributed by atoms with E-state index in [1.165, 1.54) is 6.07 Å². The van der Waals surface area contributed by atoms with Gasteiger partial charge in [0.25, 0.3) is 5.91 Å². The zero-order chi connectivity index (χ0) is 18.6. The fourth-order valence-corrected chi connectivity index (χ4v) is 4.20. The van der Waals surface area contributed by atoms with Crippen molar-refractivity contribution in [1.82, 2.24) is 10.2 Å². The van der Waals surface area contributed by atoms with E-state index in [0.717, 1.165) is 30.4 Å². The smallest absolute Gasteiger partial charge is 0.287 e. The summed E-state index contributed by atoms with van der Waals surface area (Å²) in [5.41, 5.74) is 0.184. The van der Waals surface area contributed by atoms with Gasteiger partial charge in [0.2, 0.25) is 0 Å². The third-order valence-corrected chi connectivity index (χ3v) is 5.61. The van der Waals surface area contributed by atoms with E-state index in [9.17, 15) is 9.59 Å². The number of carbonyl (C=O) groups excluding carboxylic acids is 1. The van der Waals surface area contributed by atoms with Crippen LogP contribution in [0.2, 0.25) is 0 Å². The van der Waals surface area contributed by atoms with Crippen molar-refractivity contribution in [3.05, 3.63) is 70.5 Å². The summed E-state index contributed by atoms with van der Waals surface area (Å²) in [7, 11) is 0. The predicted molar refractivity (Wildman–Crippen MR) is 105 cm³/mol. The van der Waals surface area contributed by atoms with E-state index in [2.05, 4.69) is 10.2 Å². The van der Waals surface area contributed by atoms with Crippen molar-refractivity contribution in [1.29, 1.82) is 0 Å². The summed E-state index contributed by atoms with van der Waals surface area (Å²) in [5, 5.41) is 3.36. The molecule has 1 aromatic carbocycles. The summed E-state index contributed by atoms with van der Waals surface area (Å²) in [5.74, 6) is 2.56. The monoisotopic (exact) mass is 384 g/mol. The van der Waals surface area contributed by atoms with Gasteiger partial charge in [-0.2, -0.15) is 11.8 Å². The van der Waals surface area contributed by atoms with Crippen LogP contribution < -0.4 is 10.7 Å². The van der Waals surface area contributed by atoms with E-state index >= 15 is 0 Å². The van der Waals surface area contributed by atoms with E-state index in [1.54, 1.807) is 30.5 Å². The fourth-order valence-electron chi connectivity index (χ4n) is 3.27. The number of benzene rings is 1. The Balaban J connectivity index is 1.52. The maximum atomic E-state index is 12.6. The molecule has 140 valence electrons. The topological polar surface area (TPSA) is 75.7 Å². The highest BCUT2D eigenvalue weighted by Gasteiger charge is 2.25. The molecular weight excluding hydrogens is 364 g/mol. The lowest BCUT2D eigenvalue weighted by atomic mass is 10.1. The summed E-state index contributed by atoms with van der Waals surface area (Å²) >= 11 is 1.93. The van der Waals surface area contributed by atoms with Crippen LogP contribution in [0.1, 0.15) is 22.4 Å². The molecule has 0 spiro atoms. The molecule has 3 aromatic rings. The molecule has 1 aliphatic heterocycles. The Bertz CT molecular complexity index is 977. The lowest BCUT2D eigenvalue weighted by Gasteiger charge is -2.33. The van der Waals surface area contributed by atoms with Gasteiger partial charge in [0.05, 0.1) is 17.7 Å². The van der Waals surface area contributed by atoms with Gasteiger partial charge in [-0.05, 0) is 24.3 Å². The van der Waals surface area contributed by atoms with Crippen molar-refractivity contribution < 1.29 is 13.6 Å². The summed E-state index contributed by atoms with van der Waals surface area (Å²) in [6, 6.07) is 11.9. The van der Waals surface area contributed by atoms with Crippen molar-refractivity contribution in [3.63, 3.8) is 0 Å². The number of carbonyl (C=O) groups is 1. The minimum absolute atomic E-state index is 0.0195. The first-order chi connectivity index (χ1) is 13.2. The zero-order valence-corrected chi connectivity index (χ0v) is 15.5. The minimum Gasteiger partial charge on any atom is -0.468 e. The number of rotatable bonds is 5. The fraction of sp³-hybridized carbons (Fsp3) is 0.300. The SMILES string of the molecule is O=C(NCC(c1ccco1)N1CCSCC1)c1cc(=O)c2ccccc2o1. The molecule has 1 aliphatic rings. The number of furan rings is 1. The van der Waals surface area contributed by atoms with Gasteiger partial charge >= 0.3 is 0 Å². The van der Waals surface area contributed by atoms with Gasteiger partial charge in [-0.15, -0.1) is 0 Å². The van der Waals surface area contributed by atoms with Crippen LogP contribution in [-0.4, -0.2) is 41.9 Å². The average Bonchev–Trinajstić information content (AvgIpc) is 3.23. The van der Waals surface area contributed by atoms with Crippen molar-refractivity contribution >= 4 is 28.6 Å². The van der Waals surface area contributed by atoms with Crippen LogP contribution >= 0.6 is 11.8 Å². The first kappa shape index (κ1) is 17.9. The highest BCUT2D eigenvalue weighted by atomic mass is 32.2. The van der Waals surface area contributed by atoms with Crippen LogP contribution in [0.5, 0.6) is 0 Å². The standard InChI is InChI=1S/C20H20N2O4S/c23-16-12-19(26-17-5-2-1-4-14(16)17)20(24)21-13-15(18-6-3-9-25-18)22-7-10-27-11-8-22/h1-6,9,12,15H,7-8,10-11,13H2,(H,21,24). The van der Waals surface area contributed by atoms with E-state index in [1.807, 2.05) is 23.9 Å². The molecule has 3 heterocycles. The average molecular weight is 384 g/mol. The molecule has 1 atom stereocenters. The third kappa shape index (κ3) is 3.94. The van der Waals surface area contributed by atoms with Crippen LogP contribution in [0, 0.1) is 0 Å².